The van der Waals surface area contributed by atoms with Gasteiger partial charge in [-0.1, -0.05) is 12.1 Å². The number of para-hydroxylation sites is 2. The van der Waals surface area contributed by atoms with Gasteiger partial charge >= 0.3 is 6.55 Å². The second-order valence-electron chi connectivity index (χ2n) is 4.30. The first kappa shape index (κ1) is 13.5. The van der Waals surface area contributed by atoms with Crippen molar-refractivity contribution in [3.63, 3.8) is 0 Å². The first-order valence-corrected chi connectivity index (χ1v) is 7.04. The van der Waals surface area contributed by atoms with E-state index >= 15 is 0 Å². The van der Waals surface area contributed by atoms with Gasteiger partial charge in [0.2, 0.25) is 0 Å². The van der Waals surface area contributed by atoms with Crippen LogP contribution in [0.25, 0.3) is 22.7 Å². The highest BCUT2D eigenvalue weighted by Gasteiger charge is 2.20. The number of hydrogen-bond donors (Lipinski definition) is 0. The third-order valence-electron chi connectivity index (χ3n) is 3.01. The summed E-state index contributed by atoms with van der Waals surface area (Å²) in [4.78, 5) is 4.18. The van der Waals surface area contributed by atoms with E-state index in [-0.39, 0.29) is 11.4 Å². The Bertz CT molecular complexity index is 842. The lowest BCUT2D eigenvalue weighted by Gasteiger charge is -2.06. The number of halogens is 2. The maximum atomic E-state index is 13.4. The van der Waals surface area contributed by atoms with Gasteiger partial charge in [-0.05, 0) is 40.6 Å². The number of nitrogens with zero attached hydrogens (tertiary/aromatic N) is 3. The van der Waals surface area contributed by atoms with E-state index in [0.29, 0.717) is 11.0 Å². The maximum Gasteiger partial charge on any atom is 0.320 e. The Kier molecular flexibility index (Phi) is 3.50. The van der Waals surface area contributed by atoms with Crippen LogP contribution >= 0.6 is 11.3 Å². The van der Waals surface area contributed by atoms with Gasteiger partial charge < -0.3 is 0 Å². The van der Waals surface area contributed by atoms with E-state index in [1.807, 2.05) is 22.9 Å². The molecule has 0 spiro atoms. The first-order valence-electron chi connectivity index (χ1n) is 6.10. The van der Waals surface area contributed by atoms with Gasteiger partial charge in [0.1, 0.15) is 6.07 Å². The average molecular weight is 301 g/mol. The lowest BCUT2D eigenvalue weighted by Crippen LogP contribution is -2.03. The molecule has 0 aliphatic rings. The zero-order chi connectivity index (χ0) is 14.8. The van der Waals surface area contributed by atoms with Crippen molar-refractivity contribution in [3.05, 3.63) is 52.5 Å². The lowest BCUT2D eigenvalue weighted by atomic mass is 10.2. The third kappa shape index (κ3) is 2.43. The fourth-order valence-electron chi connectivity index (χ4n) is 2.10. The molecule has 0 saturated carbocycles. The summed E-state index contributed by atoms with van der Waals surface area (Å²) in [5.74, 6) is -0.0140. The van der Waals surface area contributed by atoms with Gasteiger partial charge in [0.15, 0.2) is 5.82 Å². The van der Waals surface area contributed by atoms with Gasteiger partial charge in [0.25, 0.3) is 0 Å². The summed E-state index contributed by atoms with van der Waals surface area (Å²) in [7, 11) is 0. The van der Waals surface area contributed by atoms with Gasteiger partial charge in [-0.15, -0.1) is 0 Å². The number of alkyl halides is 2. The number of thiophene rings is 1. The molecule has 104 valence electrons. The molecule has 0 saturated heterocycles. The predicted molar refractivity (Wildman–Crippen MR) is 78.8 cm³/mol. The topological polar surface area (TPSA) is 41.6 Å². The Morgan fingerprint density at radius 2 is 2.14 bits per heavy atom. The molecule has 3 rings (SSSR count). The standard InChI is InChI=1S/C15H9F2N3S/c16-15(17)20-13-4-2-1-3-12(13)19-14(20)11(8-18)7-10-5-6-21-9-10/h1-7,9,15H/b11-7+. The Labute approximate surface area is 123 Å². The number of fused-ring (bicyclic) bond motifs is 1. The molecule has 0 fully saturated rings. The van der Waals surface area contributed by atoms with Crippen molar-refractivity contribution in [1.29, 1.82) is 5.26 Å². The molecule has 6 heteroatoms. The normalized spacial score (nSPS) is 12.0. The number of imidazole rings is 1. The van der Waals surface area contributed by atoms with Gasteiger partial charge in [0, 0.05) is 0 Å². The van der Waals surface area contributed by atoms with Crippen LogP contribution in [-0.2, 0) is 0 Å². The van der Waals surface area contributed by atoms with Crippen molar-refractivity contribution in [2.24, 2.45) is 0 Å². The Hall–Kier alpha value is -2.52. The highest BCUT2D eigenvalue weighted by molar-refractivity contribution is 7.08. The number of allylic oxidation sites excluding steroid dienone is 1. The maximum absolute atomic E-state index is 13.4. The van der Waals surface area contributed by atoms with Gasteiger partial charge in [0.05, 0.1) is 16.6 Å². The molecular weight excluding hydrogens is 292 g/mol. The molecular formula is C15H9F2N3S. The predicted octanol–water partition coefficient (Wildman–Crippen LogP) is 4.56. The minimum Gasteiger partial charge on any atom is -0.266 e. The zero-order valence-electron chi connectivity index (χ0n) is 10.7. The molecule has 0 unspecified atom stereocenters. The van der Waals surface area contributed by atoms with Crippen molar-refractivity contribution in [3.8, 4) is 6.07 Å². The molecule has 21 heavy (non-hydrogen) atoms. The van der Waals surface area contributed by atoms with Crippen LogP contribution < -0.4 is 0 Å². The Balaban J connectivity index is 2.24. The summed E-state index contributed by atoms with van der Waals surface area (Å²) in [6, 6.07) is 10.4. The van der Waals surface area contributed by atoms with Crippen LogP contribution in [-0.4, -0.2) is 9.55 Å². The van der Waals surface area contributed by atoms with Gasteiger partial charge in [-0.3, -0.25) is 4.57 Å². The van der Waals surface area contributed by atoms with Crippen LogP contribution in [0.1, 0.15) is 17.9 Å². The van der Waals surface area contributed by atoms with Gasteiger partial charge in [-0.2, -0.15) is 25.4 Å². The van der Waals surface area contributed by atoms with Crippen molar-refractivity contribution in [1.82, 2.24) is 9.55 Å². The molecule has 1 aromatic carbocycles. The molecule has 2 aromatic heterocycles. The number of nitriles is 1. The van der Waals surface area contributed by atoms with E-state index in [1.54, 1.807) is 30.3 Å². The van der Waals surface area contributed by atoms with E-state index in [2.05, 4.69) is 4.98 Å². The number of hydrogen-bond acceptors (Lipinski definition) is 3. The lowest BCUT2D eigenvalue weighted by molar-refractivity contribution is 0.0738. The van der Waals surface area contributed by atoms with Gasteiger partial charge in [-0.25, -0.2) is 4.98 Å². The summed E-state index contributed by atoms with van der Waals surface area (Å²) in [6.45, 7) is -2.76. The van der Waals surface area contributed by atoms with E-state index < -0.39 is 6.55 Å². The van der Waals surface area contributed by atoms with Crippen LogP contribution in [0.15, 0.2) is 41.1 Å². The third-order valence-corrected chi connectivity index (χ3v) is 3.71. The van der Waals surface area contributed by atoms with Crippen molar-refractivity contribution >= 4 is 34.0 Å². The van der Waals surface area contributed by atoms with Crippen molar-refractivity contribution < 1.29 is 8.78 Å². The average Bonchev–Trinajstić information content (AvgIpc) is 3.11. The summed E-state index contributed by atoms with van der Waals surface area (Å²) in [5, 5.41) is 13.0. The molecule has 2 heterocycles. The van der Waals surface area contributed by atoms with E-state index in [9.17, 15) is 14.0 Å². The van der Waals surface area contributed by atoms with E-state index in [0.717, 1.165) is 10.1 Å². The molecule has 0 bridgehead atoms. The summed E-state index contributed by atoms with van der Waals surface area (Å²) < 4.78 is 27.5. The summed E-state index contributed by atoms with van der Waals surface area (Å²) in [5.41, 5.74) is 1.67. The molecule has 0 atom stereocenters. The number of aromatic nitrogens is 2. The highest BCUT2D eigenvalue weighted by atomic mass is 32.1. The quantitative estimate of drug-likeness (QED) is 0.666. The van der Waals surface area contributed by atoms with Crippen LogP contribution in [0, 0.1) is 11.3 Å². The second kappa shape index (κ2) is 5.46. The zero-order valence-corrected chi connectivity index (χ0v) is 11.5. The molecule has 0 N–H and O–H groups in total. The minimum absolute atomic E-state index is 0.0140. The SMILES string of the molecule is N#C/C(=C\c1ccsc1)c1nc2ccccc2n1C(F)F. The number of rotatable bonds is 3. The fourth-order valence-corrected chi connectivity index (χ4v) is 2.72. The molecule has 0 aliphatic heterocycles. The first-order chi connectivity index (χ1) is 10.2. The van der Waals surface area contributed by atoms with E-state index in [4.69, 9.17) is 0 Å². The molecule has 3 nitrogen and oxygen atoms in total. The Morgan fingerprint density at radius 1 is 1.33 bits per heavy atom. The van der Waals surface area contributed by atoms with Crippen LogP contribution in [0.5, 0.6) is 0 Å². The number of benzene rings is 1. The van der Waals surface area contributed by atoms with Crippen LogP contribution in [0.2, 0.25) is 0 Å². The van der Waals surface area contributed by atoms with Crippen LogP contribution in [0.3, 0.4) is 0 Å². The van der Waals surface area contributed by atoms with E-state index in [1.165, 1.54) is 11.3 Å². The second-order valence-corrected chi connectivity index (χ2v) is 5.08. The van der Waals surface area contributed by atoms with Crippen molar-refractivity contribution in [2.45, 2.75) is 6.55 Å². The Morgan fingerprint density at radius 3 is 2.81 bits per heavy atom. The molecule has 3 aromatic rings. The summed E-state index contributed by atoms with van der Waals surface area (Å²) >= 11 is 1.47. The molecule has 0 radical (unpaired) electrons. The largest absolute Gasteiger partial charge is 0.320 e. The smallest absolute Gasteiger partial charge is 0.266 e. The monoisotopic (exact) mass is 301 g/mol. The molecule has 0 amide bonds. The fraction of sp³-hybridized carbons (Fsp3) is 0.0667. The minimum atomic E-state index is -2.76. The van der Waals surface area contributed by atoms with Crippen molar-refractivity contribution in [2.75, 3.05) is 0 Å². The highest BCUT2D eigenvalue weighted by Crippen LogP contribution is 2.28. The molecule has 0 aliphatic carbocycles. The van der Waals surface area contributed by atoms with Crippen LogP contribution in [0.4, 0.5) is 8.78 Å². The summed E-state index contributed by atoms with van der Waals surface area (Å²) in [6.07, 6.45) is 1.57.